The van der Waals surface area contributed by atoms with E-state index in [0.717, 1.165) is 15.7 Å². The number of Topliss-reactive ketones (excluding diaryl/α,β-unsaturated/α-hetero) is 1. The zero-order valence-electron chi connectivity index (χ0n) is 15.3. The molecule has 30 heavy (non-hydrogen) atoms. The molecule has 0 saturated carbocycles. The molecule has 0 radical (unpaired) electrons. The fourth-order valence-corrected chi connectivity index (χ4v) is 3.92. The van der Waals surface area contributed by atoms with Gasteiger partial charge in [0.1, 0.15) is 5.82 Å². The van der Waals surface area contributed by atoms with Gasteiger partial charge in [-0.15, -0.1) is 0 Å². The first-order valence-electron chi connectivity index (χ1n) is 8.59. The molecule has 3 aromatic carbocycles. The van der Waals surface area contributed by atoms with Crippen molar-refractivity contribution >= 4 is 50.1 Å². The average molecular weight is 539 g/mol. The van der Waals surface area contributed by atoms with E-state index in [0.29, 0.717) is 5.69 Å². The molecule has 0 bridgehead atoms. The Bertz CT molecular complexity index is 1180. The first kappa shape index (κ1) is 21.9. The van der Waals surface area contributed by atoms with E-state index < -0.39 is 34.2 Å². The number of nitrogens with one attached hydrogen (secondary N) is 1. The molecule has 0 aliphatic heterocycles. The van der Waals surface area contributed by atoms with E-state index in [1.165, 1.54) is 36.4 Å². The number of rotatable bonds is 7. The lowest BCUT2D eigenvalue weighted by Gasteiger charge is -2.10. The van der Waals surface area contributed by atoms with Crippen LogP contribution in [0.25, 0.3) is 0 Å². The van der Waals surface area contributed by atoms with Crippen molar-refractivity contribution in [1.29, 1.82) is 0 Å². The van der Waals surface area contributed by atoms with Crippen LogP contribution in [-0.2, 0) is 14.8 Å². The Labute approximate surface area is 186 Å². The Balaban J connectivity index is 1.69. The lowest BCUT2D eigenvalue weighted by Crippen LogP contribution is -2.16. The lowest BCUT2D eigenvalue weighted by atomic mass is 10.1. The first-order valence-corrected chi connectivity index (χ1v) is 11.2. The Morgan fingerprint density at radius 1 is 0.933 bits per heavy atom. The number of hydrogen-bond donors (Lipinski definition) is 1. The standard InChI is InChI=1S/C21H15FINO5S/c22-16-6-4-14(5-7-16)20(25)13-29-21(26)15-2-1-3-19(12-15)30(27,28)24-18-10-8-17(23)9-11-18/h1-12,24H,13H2. The van der Waals surface area contributed by atoms with Gasteiger partial charge in [-0.1, -0.05) is 6.07 Å². The van der Waals surface area contributed by atoms with Crippen LogP contribution in [0.15, 0.2) is 77.7 Å². The maximum Gasteiger partial charge on any atom is 0.338 e. The van der Waals surface area contributed by atoms with Crippen molar-refractivity contribution in [2.24, 2.45) is 0 Å². The molecule has 6 nitrogen and oxygen atoms in total. The molecular formula is C21H15FINO5S. The van der Waals surface area contributed by atoms with E-state index in [4.69, 9.17) is 4.74 Å². The number of benzene rings is 3. The van der Waals surface area contributed by atoms with Crippen LogP contribution in [-0.4, -0.2) is 26.8 Å². The minimum absolute atomic E-state index is 0.0209. The van der Waals surface area contributed by atoms with E-state index in [1.807, 2.05) is 0 Å². The molecule has 3 rings (SSSR count). The quantitative estimate of drug-likeness (QED) is 0.275. The highest BCUT2D eigenvalue weighted by Gasteiger charge is 2.18. The normalized spacial score (nSPS) is 11.0. The molecule has 0 heterocycles. The summed E-state index contributed by atoms with van der Waals surface area (Å²) in [5.41, 5.74) is 0.558. The fourth-order valence-electron chi connectivity index (χ4n) is 2.46. The van der Waals surface area contributed by atoms with Crippen LogP contribution in [0.2, 0.25) is 0 Å². The molecule has 0 saturated heterocycles. The van der Waals surface area contributed by atoms with Gasteiger partial charge in [-0.3, -0.25) is 9.52 Å². The third kappa shape index (κ3) is 5.63. The summed E-state index contributed by atoms with van der Waals surface area (Å²) >= 11 is 2.10. The predicted molar refractivity (Wildman–Crippen MR) is 117 cm³/mol. The van der Waals surface area contributed by atoms with Gasteiger partial charge in [0.05, 0.1) is 10.5 Å². The maximum atomic E-state index is 12.9. The first-order chi connectivity index (χ1) is 14.2. The average Bonchev–Trinajstić information content (AvgIpc) is 2.74. The number of halogens is 2. The largest absolute Gasteiger partial charge is 0.454 e. The van der Waals surface area contributed by atoms with E-state index in [9.17, 15) is 22.4 Å². The number of sulfonamides is 1. The summed E-state index contributed by atoms with van der Waals surface area (Å²) in [6, 6.07) is 16.9. The van der Waals surface area contributed by atoms with E-state index in [-0.39, 0.29) is 16.0 Å². The van der Waals surface area contributed by atoms with Crippen LogP contribution in [0.1, 0.15) is 20.7 Å². The molecule has 0 aromatic heterocycles. The van der Waals surface area contributed by atoms with Crippen LogP contribution < -0.4 is 4.72 Å². The van der Waals surface area contributed by atoms with Gasteiger partial charge in [0.25, 0.3) is 10.0 Å². The Kier molecular flexibility index (Phi) is 6.83. The van der Waals surface area contributed by atoms with Gasteiger partial charge in [0, 0.05) is 14.8 Å². The van der Waals surface area contributed by atoms with Crippen LogP contribution in [0.5, 0.6) is 0 Å². The number of ketones is 1. The molecule has 0 unspecified atom stereocenters. The van der Waals surface area contributed by atoms with Crippen molar-refractivity contribution in [3.05, 3.63) is 93.3 Å². The van der Waals surface area contributed by atoms with Gasteiger partial charge in [-0.25, -0.2) is 17.6 Å². The van der Waals surface area contributed by atoms with Gasteiger partial charge in [0.2, 0.25) is 0 Å². The number of carbonyl (C=O) groups excluding carboxylic acids is 2. The smallest absolute Gasteiger partial charge is 0.338 e. The van der Waals surface area contributed by atoms with Gasteiger partial charge in [-0.05, 0) is 89.3 Å². The number of carbonyl (C=O) groups is 2. The highest BCUT2D eigenvalue weighted by molar-refractivity contribution is 14.1. The monoisotopic (exact) mass is 539 g/mol. The third-order valence-corrected chi connectivity index (χ3v) is 6.08. The van der Waals surface area contributed by atoms with Crippen molar-refractivity contribution in [3.8, 4) is 0 Å². The van der Waals surface area contributed by atoms with Gasteiger partial charge in [0.15, 0.2) is 12.4 Å². The van der Waals surface area contributed by atoms with Crippen LogP contribution in [0.4, 0.5) is 10.1 Å². The number of anilines is 1. The summed E-state index contributed by atoms with van der Waals surface area (Å²) in [5.74, 6) is -1.84. The highest BCUT2D eigenvalue weighted by Crippen LogP contribution is 2.19. The summed E-state index contributed by atoms with van der Waals surface area (Å²) < 4.78 is 46.5. The third-order valence-electron chi connectivity index (χ3n) is 3.98. The van der Waals surface area contributed by atoms with Crippen molar-refractivity contribution in [3.63, 3.8) is 0 Å². The molecule has 9 heteroatoms. The molecule has 0 spiro atoms. The van der Waals surface area contributed by atoms with Gasteiger partial charge in [-0.2, -0.15) is 0 Å². The molecule has 3 aromatic rings. The SMILES string of the molecule is O=C(COC(=O)c1cccc(S(=O)(=O)Nc2ccc(I)cc2)c1)c1ccc(F)cc1. The van der Waals surface area contributed by atoms with Crippen LogP contribution >= 0.6 is 22.6 Å². The van der Waals surface area contributed by atoms with E-state index in [2.05, 4.69) is 27.3 Å². The minimum atomic E-state index is -3.92. The summed E-state index contributed by atoms with van der Waals surface area (Å²) in [7, 11) is -3.92. The molecule has 0 fully saturated rings. The van der Waals surface area contributed by atoms with Crippen molar-refractivity contribution < 1.29 is 27.1 Å². The molecule has 1 N–H and O–H groups in total. The zero-order valence-corrected chi connectivity index (χ0v) is 18.3. The summed E-state index contributed by atoms with van der Waals surface area (Å²) in [4.78, 5) is 24.2. The number of hydrogen-bond acceptors (Lipinski definition) is 5. The Morgan fingerprint density at radius 3 is 2.27 bits per heavy atom. The molecule has 0 aliphatic carbocycles. The minimum Gasteiger partial charge on any atom is -0.454 e. The Morgan fingerprint density at radius 2 is 1.60 bits per heavy atom. The molecule has 0 atom stereocenters. The summed E-state index contributed by atoms with van der Waals surface area (Å²) in [6.45, 7) is -0.553. The van der Waals surface area contributed by atoms with Crippen molar-refractivity contribution in [1.82, 2.24) is 0 Å². The summed E-state index contributed by atoms with van der Waals surface area (Å²) in [5, 5.41) is 0. The second-order valence-electron chi connectivity index (χ2n) is 6.15. The zero-order chi connectivity index (χ0) is 21.7. The topological polar surface area (TPSA) is 89.5 Å². The molecule has 0 aliphatic rings. The maximum absolute atomic E-state index is 12.9. The van der Waals surface area contributed by atoms with Crippen molar-refractivity contribution in [2.45, 2.75) is 4.90 Å². The second kappa shape index (κ2) is 9.35. The van der Waals surface area contributed by atoms with E-state index >= 15 is 0 Å². The van der Waals surface area contributed by atoms with Crippen LogP contribution in [0, 0.1) is 9.39 Å². The Hall–Kier alpha value is -2.79. The highest BCUT2D eigenvalue weighted by atomic mass is 127. The fraction of sp³-hybridized carbons (Fsp3) is 0.0476. The van der Waals surface area contributed by atoms with E-state index in [1.54, 1.807) is 24.3 Å². The summed E-state index contributed by atoms with van der Waals surface area (Å²) in [6.07, 6.45) is 0. The number of esters is 1. The molecule has 154 valence electrons. The van der Waals surface area contributed by atoms with Gasteiger partial charge < -0.3 is 4.74 Å². The van der Waals surface area contributed by atoms with Crippen molar-refractivity contribution in [2.75, 3.05) is 11.3 Å². The molecular weight excluding hydrogens is 524 g/mol. The number of ether oxygens (including phenoxy) is 1. The molecule has 0 amide bonds. The second-order valence-corrected chi connectivity index (χ2v) is 9.07. The van der Waals surface area contributed by atoms with Gasteiger partial charge >= 0.3 is 5.97 Å². The predicted octanol–water partition coefficient (Wildman–Crippen LogP) is 4.27. The lowest BCUT2D eigenvalue weighted by molar-refractivity contribution is 0.0474. The van der Waals surface area contributed by atoms with Crippen LogP contribution in [0.3, 0.4) is 0 Å².